The number of hydrogen-bond donors (Lipinski definition) is 2. The van der Waals surface area contributed by atoms with Crippen LogP contribution in [0.5, 0.6) is 0 Å². The Hall–Kier alpha value is -3.16. The number of amides is 2. The van der Waals surface area contributed by atoms with Crippen molar-refractivity contribution >= 4 is 29.3 Å². The van der Waals surface area contributed by atoms with Crippen molar-refractivity contribution < 1.29 is 14.3 Å². The van der Waals surface area contributed by atoms with Gasteiger partial charge < -0.3 is 15.0 Å². The third kappa shape index (κ3) is 5.16. The standard InChI is InChI=1S/C19H23N5O3/c1-2-27-19(26)23-16-6-4-15(5-7-16)22-17(25)14-8-12-24(13-9-14)18-20-10-3-11-21-18/h3-7,10-11,14H,2,8-9,12-13H2,1H3,(H,22,25)(H,23,26). The maximum atomic E-state index is 12.5. The molecule has 27 heavy (non-hydrogen) atoms. The van der Waals surface area contributed by atoms with Crippen LogP contribution in [0.15, 0.2) is 42.7 Å². The fraction of sp³-hybridized carbons (Fsp3) is 0.368. The fourth-order valence-electron chi connectivity index (χ4n) is 2.96. The summed E-state index contributed by atoms with van der Waals surface area (Å²) < 4.78 is 4.83. The van der Waals surface area contributed by atoms with Gasteiger partial charge >= 0.3 is 6.09 Å². The normalized spacial score (nSPS) is 14.5. The predicted octanol–water partition coefficient (Wildman–Crippen LogP) is 2.90. The zero-order chi connectivity index (χ0) is 19.1. The Bertz CT molecular complexity index is 759. The van der Waals surface area contributed by atoms with Crippen molar-refractivity contribution in [3.63, 3.8) is 0 Å². The van der Waals surface area contributed by atoms with Crippen LogP contribution in [-0.2, 0) is 9.53 Å². The monoisotopic (exact) mass is 369 g/mol. The molecule has 0 unspecified atom stereocenters. The molecule has 0 aliphatic carbocycles. The quantitative estimate of drug-likeness (QED) is 0.841. The number of hydrogen-bond acceptors (Lipinski definition) is 6. The molecule has 0 spiro atoms. The highest BCUT2D eigenvalue weighted by Crippen LogP contribution is 2.22. The zero-order valence-electron chi connectivity index (χ0n) is 15.2. The van der Waals surface area contributed by atoms with E-state index in [1.54, 1.807) is 49.6 Å². The zero-order valence-corrected chi connectivity index (χ0v) is 15.2. The molecule has 8 nitrogen and oxygen atoms in total. The fourth-order valence-corrected chi connectivity index (χ4v) is 2.96. The predicted molar refractivity (Wildman–Crippen MR) is 103 cm³/mol. The number of aromatic nitrogens is 2. The molecule has 1 aliphatic heterocycles. The van der Waals surface area contributed by atoms with Gasteiger partial charge in [0, 0.05) is 42.8 Å². The summed E-state index contributed by atoms with van der Waals surface area (Å²) in [5, 5.41) is 5.56. The SMILES string of the molecule is CCOC(=O)Nc1ccc(NC(=O)C2CCN(c3ncccn3)CC2)cc1. The van der Waals surface area contributed by atoms with Crippen LogP contribution in [0.4, 0.5) is 22.1 Å². The second-order valence-electron chi connectivity index (χ2n) is 6.22. The van der Waals surface area contributed by atoms with Gasteiger partial charge in [0.15, 0.2) is 0 Å². The maximum absolute atomic E-state index is 12.5. The number of nitrogens with zero attached hydrogens (tertiary/aromatic N) is 3. The lowest BCUT2D eigenvalue weighted by molar-refractivity contribution is -0.120. The minimum atomic E-state index is -0.497. The summed E-state index contributed by atoms with van der Waals surface area (Å²) in [5.41, 5.74) is 1.31. The van der Waals surface area contributed by atoms with Crippen molar-refractivity contribution in [3.8, 4) is 0 Å². The van der Waals surface area contributed by atoms with E-state index in [0.29, 0.717) is 23.9 Å². The van der Waals surface area contributed by atoms with E-state index in [2.05, 4.69) is 25.5 Å². The molecule has 0 radical (unpaired) electrons. The van der Waals surface area contributed by atoms with Crippen molar-refractivity contribution in [3.05, 3.63) is 42.7 Å². The van der Waals surface area contributed by atoms with Gasteiger partial charge in [0.05, 0.1) is 6.61 Å². The molecule has 1 fully saturated rings. The molecule has 2 heterocycles. The van der Waals surface area contributed by atoms with Crippen molar-refractivity contribution in [2.45, 2.75) is 19.8 Å². The first kappa shape index (κ1) is 18.6. The minimum Gasteiger partial charge on any atom is -0.450 e. The number of piperidine rings is 1. The number of rotatable bonds is 5. The number of anilines is 3. The van der Waals surface area contributed by atoms with Gasteiger partial charge in [0.2, 0.25) is 11.9 Å². The summed E-state index contributed by atoms with van der Waals surface area (Å²) in [7, 11) is 0. The van der Waals surface area contributed by atoms with Crippen molar-refractivity contribution in [1.82, 2.24) is 9.97 Å². The lowest BCUT2D eigenvalue weighted by Gasteiger charge is -2.31. The van der Waals surface area contributed by atoms with E-state index in [0.717, 1.165) is 25.9 Å². The molecule has 0 saturated carbocycles. The highest BCUT2D eigenvalue weighted by Gasteiger charge is 2.26. The van der Waals surface area contributed by atoms with E-state index in [1.165, 1.54) is 0 Å². The van der Waals surface area contributed by atoms with Gasteiger partial charge in [0.1, 0.15) is 0 Å². The van der Waals surface area contributed by atoms with Crippen molar-refractivity contribution in [1.29, 1.82) is 0 Å². The Morgan fingerprint density at radius 3 is 2.26 bits per heavy atom. The summed E-state index contributed by atoms with van der Waals surface area (Å²) in [6.07, 6.45) is 4.46. The molecule has 0 bridgehead atoms. The number of ether oxygens (including phenoxy) is 1. The molecule has 1 aromatic heterocycles. The van der Waals surface area contributed by atoms with Gasteiger partial charge in [-0.15, -0.1) is 0 Å². The highest BCUT2D eigenvalue weighted by molar-refractivity contribution is 5.93. The molecule has 142 valence electrons. The number of carbonyl (C=O) groups is 2. The van der Waals surface area contributed by atoms with E-state index < -0.39 is 6.09 Å². The van der Waals surface area contributed by atoms with E-state index in [1.807, 2.05) is 0 Å². The first-order valence-corrected chi connectivity index (χ1v) is 9.02. The summed E-state index contributed by atoms with van der Waals surface area (Å²) in [5.74, 6) is 0.679. The molecule has 2 aromatic rings. The Balaban J connectivity index is 1.49. The lowest BCUT2D eigenvalue weighted by Crippen LogP contribution is -2.39. The molecule has 1 aromatic carbocycles. The Morgan fingerprint density at radius 2 is 1.67 bits per heavy atom. The highest BCUT2D eigenvalue weighted by atomic mass is 16.5. The van der Waals surface area contributed by atoms with Gasteiger partial charge in [0.25, 0.3) is 0 Å². The molecule has 1 aliphatic rings. The van der Waals surface area contributed by atoms with Crippen LogP contribution in [0.1, 0.15) is 19.8 Å². The summed E-state index contributed by atoms with van der Waals surface area (Å²) in [6, 6.07) is 8.75. The van der Waals surface area contributed by atoms with Crippen LogP contribution in [-0.4, -0.2) is 41.7 Å². The van der Waals surface area contributed by atoms with Crippen LogP contribution in [0.25, 0.3) is 0 Å². The van der Waals surface area contributed by atoms with E-state index in [4.69, 9.17) is 4.74 Å². The van der Waals surface area contributed by atoms with E-state index in [9.17, 15) is 9.59 Å². The van der Waals surface area contributed by atoms with Gasteiger partial charge in [-0.05, 0) is 50.1 Å². The molecule has 0 atom stereocenters. The van der Waals surface area contributed by atoms with Gasteiger partial charge in [-0.25, -0.2) is 14.8 Å². The molecule has 3 rings (SSSR count). The summed E-state index contributed by atoms with van der Waals surface area (Å²) in [4.78, 5) is 34.5. The minimum absolute atomic E-state index is 0.00901. The number of nitrogens with one attached hydrogen (secondary N) is 2. The van der Waals surface area contributed by atoms with Crippen LogP contribution in [0.2, 0.25) is 0 Å². The second kappa shape index (κ2) is 8.98. The van der Waals surface area contributed by atoms with Crippen molar-refractivity contribution in [2.75, 3.05) is 35.2 Å². The molecular formula is C19H23N5O3. The lowest BCUT2D eigenvalue weighted by atomic mass is 9.96. The third-order valence-corrected chi connectivity index (χ3v) is 4.38. The largest absolute Gasteiger partial charge is 0.450 e. The third-order valence-electron chi connectivity index (χ3n) is 4.38. The molecular weight excluding hydrogens is 346 g/mol. The average Bonchev–Trinajstić information content (AvgIpc) is 2.70. The Morgan fingerprint density at radius 1 is 1.07 bits per heavy atom. The molecule has 2 amide bonds. The topological polar surface area (TPSA) is 96.5 Å². The second-order valence-corrected chi connectivity index (χ2v) is 6.22. The first-order valence-electron chi connectivity index (χ1n) is 9.02. The Labute approximate surface area is 158 Å². The first-order chi connectivity index (χ1) is 13.2. The smallest absolute Gasteiger partial charge is 0.411 e. The van der Waals surface area contributed by atoms with Gasteiger partial charge in [-0.1, -0.05) is 0 Å². The molecule has 1 saturated heterocycles. The molecule has 8 heteroatoms. The van der Waals surface area contributed by atoms with E-state index in [-0.39, 0.29) is 11.8 Å². The van der Waals surface area contributed by atoms with Crippen molar-refractivity contribution in [2.24, 2.45) is 5.92 Å². The summed E-state index contributed by atoms with van der Waals surface area (Å²) >= 11 is 0. The summed E-state index contributed by atoms with van der Waals surface area (Å²) in [6.45, 7) is 3.57. The van der Waals surface area contributed by atoms with Gasteiger partial charge in [-0.3, -0.25) is 10.1 Å². The average molecular weight is 369 g/mol. The van der Waals surface area contributed by atoms with Crippen LogP contribution < -0.4 is 15.5 Å². The molecule has 2 N–H and O–H groups in total. The van der Waals surface area contributed by atoms with Gasteiger partial charge in [-0.2, -0.15) is 0 Å². The number of carbonyl (C=O) groups excluding carboxylic acids is 2. The maximum Gasteiger partial charge on any atom is 0.411 e. The van der Waals surface area contributed by atoms with Crippen LogP contribution in [0.3, 0.4) is 0 Å². The van der Waals surface area contributed by atoms with Crippen LogP contribution >= 0.6 is 0 Å². The van der Waals surface area contributed by atoms with Crippen LogP contribution in [0, 0.1) is 5.92 Å². The van der Waals surface area contributed by atoms with E-state index >= 15 is 0 Å². The number of benzene rings is 1. The Kier molecular flexibility index (Phi) is 6.19.